The lowest BCUT2D eigenvalue weighted by atomic mass is 10.2. The number of piperazine rings is 1. The van der Waals surface area contributed by atoms with E-state index in [0.717, 1.165) is 24.4 Å². The van der Waals surface area contributed by atoms with Crippen LogP contribution >= 0.6 is 0 Å². The first kappa shape index (κ1) is 14.9. The number of halogens is 2. The summed E-state index contributed by atoms with van der Waals surface area (Å²) >= 11 is 0. The van der Waals surface area contributed by atoms with Gasteiger partial charge in [-0.3, -0.25) is 4.79 Å². The van der Waals surface area contributed by atoms with Crippen LogP contribution in [0.1, 0.15) is 0 Å². The fourth-order valence-corrected chi connectivity index (χ4v) is 1.94. The summed E-state index contributed by atoms with van der Waals surface area (Å²) in [5.74, 6) is -1.71. The van der Waals surface area contributed by atoms with Crippen LogP contribution in [0.3, 0.4) is 0 Å². The molecule has 7 heteroatoms. The molecule has 1 fully saturated rings. The standard InChI is InChI=1S/C14H14F2N4O/c15-11-1-2-12(16)13(7-11)19-9-10(8-17)14(21)20-5-3-18-4-6-20/h1-2,7,9,18-19H,3-6H2/b10-9-. The number of carbonyl (C=O) groups excluding carboxylic acids is 1. The molecule has 2 N–H and O–H groups in total. The zero-order chi connectivity index (χ0) is 15.2. The Hall–Kier alpha value is -2.46. The molecule has 0 saturated carbocycles. The Labute approximate surface area is 120 Å². The van der Waals surface area contributed by atoms with Gasteiger partial charge in [0.15, 0.2) is 0 Å². The predicted octanol–water partition coefficient (Wildman–Crippen LogP) is 1.22. The van der Waals surface area contributed by atoms with Crippen molar-refractivity contribution in [2.45, 2.75) is 0 Å². The third-order valence-corrected chi connectivity index (χ3v) is 3.06. The molecular weight excluding hydrogens is 278 g/mol. The van der Waals surface area contributed by atoms with Crippen molar-refractivity contribution in [1.29, 1.82) is 5.26 Å². The molecule has 2 rings (SSSR count). The molecule has 1 aliphatic rings. The van der Waals surface area contributed by atoms with Crippen LogP contribution < -0.4 is 10.6 Å². The van der Waals surface area contributed by atoms with Crippen molar-refractivity contribution in [2.24, 2.45) is 0 Å². The second-order valence-corrected chi connectivity index (χ2v) is 4.48. The van der Waals surface area contributed by atoms with Crippen molar-refractivity contribution in [3.8, 4) is 6.07 Å². The van der Waals surface area contributed by atoms with Crippen LogP contribution in [0, 0.1) is 23.0 Å². The lowest BCUT2D eigenvalue weighted by Gasteiger charge is -2.27. The van der Waals surface area contributed by atoms with E-state index in [1.54, 1.807) is 6.07 Å². The maximum Gasteiger partial charge on any atom is 0.266 e. The highest BCUT2D eigenvalue weighted by molar-refractivity contribution is 5.97. The second-order valence-electron chi connectivity index (χ2n) is 4.48. The van der Waals surface area contributed by atoms with Crippen molar-refractivity contribution in [2.75, 3.05) is 31.5 Å². The van der Waals surface area contributed by atoms with E-state index in [1.165, 1.54) is 4.90 Å². The molecule has 0 unspecified atom stereocenters. The van der Waals surface area contributed by atoms with Gasteiger partial charge in [0.2, 0.25) is 0 Å². The number of rotatable bonds is 3. The van der Waals surface area contributed by atoms with E-state index in [2.05, 4.69) is 10.6 Å². The first-order chi connectivity index (χ1) is 10.1. The van der Waals surface area contributed by atoms with E-state index in [-0.39, 0.29) is 11.3 Å². The van der Waals surface area contributed by atoms with Crippen LogP contribution in [0.15, 0.2) is 30.0 Å². The average Bonchev–Trinajstić information content (AvgIpc) is 2.51. The zero-order valence-corrected chi connectivity index (χ0v) is 11.2. The fraction of sp³-hybridized carbons (Fsp3) is 0.286. The Morgan fingerprint density at radius 3 is 2.76 bits per heavy atom. The lowest BCUT2D eigenvalue weighted by Crippen LogP contribution is -2.46. The van der Waals surface area contributed by atoms with Gasteiger partial charge in [0, 0.05) is 38.4 Å². The summed E-state index contributed by atoms with van der Waals surface area (Å²) < 4.78 is 26.5. The Morgan fingerprint density at radius 2 is 2.10 bits per heavy atom. The number of carbonyl (C=O) groups is 1. The van der Waals surface area contributed by atoms with Crippen LogP contribution in [0.25, 0.3) is 0 Å². The van der Waals surface area contributed by atoms with E-state index >= 15 is 0 Å². The molecule has 1 heterocycles. The monoisotopic (exact) mass is 292 g/mol. The summed E-state index contributed by atoms with van der Waals surface area (Å²) in [4.78, 5) is 13.6. The van der Waals surface area contributed by atoms with Gasteiger partial charge in [-0.1, -0.05) is 0 Å². The number of amides is 1. The van der Waals surface area contributed by atoms with Crippen molar-refractivity contribution in [3.05, 3.63) is 41.6 Å². The maximum atomic E-state index is 13.4. The lowest BCUT2D eigenvalue weighted by molar-refractivity contribution is -0.127. The summed E-state index contributed by atoms with van der Waals surface area (Å²) in [6.45, 7) is 2.34. The molecule has 1 amide bonds. The number of nitriles is 1. The van der Waals surface area contributed by atoms with E-state index < -0.39 is 17.5 Å². The van der Waals surface area contributed by atoms with Crippen LogP contribution in [0.4, 0.5) is 14.5 Å². The van der Waals surface area contributed by atoms with Gasteiger partial charge < -0.3 is 15.5 Å². The summed E-state index contributed by atoms with van der Waals surface area (Å²) in [5.41, 5.74) is -0.281. The van der Waals surface area contributed by atoms with Crippen molar-refractivity contribution >= 4 is 11.6 Å². The number of nitrogens with one attached hydrogen (secondary N) is 2. The molecule has 1 aliphatic heterocycles. The number of hydrogen-bond acceptors (Lipinski definition) is 4. The number of nitrogens with zero attached hydrogens (tertiary/aromatic N) is 2. The predicted molar refractivity (Wildman–Crippen MR) is 73.1 cm³/mol. The summed E-state index contributed by atoms with van der Waals surface area (Å²) in [6.07, 6.45) is 1.10. The highest BCUT2D eigenvalue weighted by atomic mass is 19.1. The number of hydrogen-bond donors (Lipinski definition) is 2. The molecule has 1 aromatic rings. The van der Waals surface area contributed by atoms with Gasteiger partial charge in [-0.25, -0.2) is 8.78 Å². The molecule has 1 saturated heterocycles. The molecule has 0 aliphatic carbocycles. The third-order valence-electron chi connectivity index (χ3n) is 3.06. The molecule has 21 heavy (non-hydrogen) atoms. The molecule has 0 radical (unpaired) electrons. The minimum absolute atomic E-state index is 0.129. The minimum atomic E-state index is -0.667. The summed E-state index contributed by atoms with van der Waals surface area (Å²) in [6, 6.07) is 4.68. The smallest absolute Gasteiger partial charge is 0.266 e. The normalized spacial score (nSPS) is 15.5. The van der Waals surface area contributed by atoms with Gasteiger partial charge in [0.25, 0.3) is 5.91 Å². The Kier molecular flexibility index (Phi) is 4.85. The summed E-state index contributed by atoms with van der Waals surface area (Å²) in [5, 5.41) is 14.6. The Balaban J connectivity index is 2.11. The minimum Gasteiger partial charge on any atom is -0.358 e. The molecular formula is C14H14F2N4O. The zero-order valence-electron chi connectivity index (χ0n) is 11.2. The average molecular weight is 292 g/mol. The fourth-order valence-electron chi connectivity index (χ4n) is 1.94. The van der Waals surface area contributed by atoms with Crippen LogP contribution in [0.2, 0.25) is 0 Å². The van der Waals surface area contributed by atoms with E-state index in [9.17, 15) is 13.6 Å². The van der Waals surface area contributed by atoms with Crippen molar-refractivity contribution < 1.29 is 13.6 Å². The molecule has 0 bridgehead atoms. The molecule has 0 spiro atoms. The SMILES string of the molecule is N#C/C(=C/Nc1cc(F)ccc1F)C(=O)N1CCNCC1. The number of anilines is 1. The van der Waals surface area contributed by atoms with Crippen molar-refractivity contribution in [3.63, 3.8) is 0 Å². The van der Waals surface area contributed by atoms with Crippen LogP contribution in [-0.4, -0.2) is 37.0 Å². The molecule has 1 aromatic carbocycles. The topological polar surface area (TPSA) is 68.2 Å². The third kappa shape index (κ3) is 3.77. The van der Waals surface area contributed by atoms with Crippen LogP contribution in [-0.2, 0) is 4.79 Å². The molecule has 5 nitrogen and oxygen atoms in total. The van der Waals surface area contributed by atoms with Gasteiger partial charge in [-0.2, -0.15) is 5.26 Å². The largest absolute Gasteiger partial charge is 0.358 e. The molecule has 110 valence electrons. The van der Waals surface area contributed by atoms with E-state index in [1.807, 2.05) is 0 Å². The van der Waals surface area contributed by atoms with E-state index in [4.69, 9.17) is 5.26 Å². The van der Waals surface area contributed by atoms with Gasteiger partial charge in [-0.05, 0) is 12.1 Å². The highest BCUT2D eigenvalue weighted by Crippen LogP contribution is 2.16. The second kappa shape index (κ2) is 6.81. The summed E-state index contributed by atoms with van der Waals surface area (Å²) in [7, 11) is 0. The van der Waals surface area contributed by atoms with Crippen LogP contribution in [0.5, 0.6) is 0 Å². The van der Waals surface area contributed by atoms with Gasteiger partial charge >= 0.3 is 0 Å². The first-order valence-corrected chi connectivity index (χ1v) is 6.43. The van der Waals surface area contributed by atoms with Gasteiger partial charge in [0.1, 0.15) is 23.3 Å². The van der Waals surface area contributed by atoms with Gasteiger partial charge in [0.05, 0.1) is 5.69 Å². The molecule has 0 aromatic heterocycles. The van der Waals surface area contributed by atoms with Crippen molar-refractivity contribution in [1.82, 2.24) is 10.2 Å². The Bertz CT molecular complexity index is 603. The molecule has 0 atom stereocenters. The van der Waals surface area contributed by atoms with Gasteiger partial charge in [-0.15, -0.1) is 0 Å². The number of benzene rings is 1. The Morgan fingerprint density at radius 1 is 1.38 bits per heavy atom. The first-order valence-electron chi connectivity index (χ1n) is 6.43. The van der Waals surface area contributed by atoms with E-state index in [0.29, 0.717) is 26.2 Å². The quantitative estimate of drug-likeness (QED) is 0.649. The highest BCUT2D eigenvalue weighted by Gasteiger charge is 2.20. The maximum absolute atomic E-state index is 13.4.